The van der Waals surface area contributed by atoms with Gasteiger partial charge in [-0.05, 0) is 82.1 Å². The first-order chi connectivity index (χ1) is 11.2. The lowest BCUT2D eigenvalue weighted by atomic mass is 10.1. The number of ether oxygens (including phenoxy) is 1. The minimum atomic E-state index is 0.583. The monoisotopic (exact) mass is 344 g/mol. The van der Waals surface area contributed by atoms with Gasteiger partial charge in [-0.15, -0.1) is 0 Å². The fourth-order valence-electron chi connectivity index (χ4n) is 1.62. The molecule has 4 aliphatic heterocycles. The van der Waals surface area contributed by atoms with Crippen molar-refractivity contribution < 1.29 is 4.74 Å². The SMILES string of the molecule is CC1CN1C.CC1CO1.CN(C)C.CN1CC1.CN1CCCCC1. The third-order valence-electron chi connectivity index (χ3n) is 3.92. The molecule has 24 heavy (non-hydrogen) atoms. The van der Waals surface area contributed by atoms with Crippen molar-refractivity contribution in [3.63, 3.8) is 0 Å². The zero-order valence-corrected chi connectivity index (χ0v) is 17.7. The molecule has 0 amide bonds. The Kier molecular flexibility index (Phi) is 13.9. The number of hydrogen-bond donors (Lipinski definition) is 0. The van der Waals surface area contributed by atoms with E-state index in [1.54, 1.807) is 0 Å². The molecule has 0 saturated carbocycles. The topological polar surface area (TPSA) is 25.0 Å². The van der Waals surface area contributed by atoms with Crippen molar-refractivity contribution in [2.24, 2.45) is 0 Å². The maximum Gasteiger partial charge on any atom is 0.0781 e. The highest BCUT2D eigenvalue weighted by atomic mass is 16.6. The minimum absolute atomic E-state index is 0.583. The smallest absolute Gasteiger partial charge is 0.0781 e. The van der Waals surface area contributed by atoms with Crippen LogP contribution in [0.4, 0.5) is 0 Å². The number of epoxide rings is 1. The summed E-state index contributed by atoms with van der Waals surface area (Å²) in [6, 6.07) is 0.884. The molecule has 4 aliphatic rings. The van der Waals surface area contributed by atoms with Crippen LogP contribution in [0.15, 0.2) is 0 Å². The van der Waals surface area contributed by atoms with Crippen molar-refractivity contribution in [1.29, 1.82) is 0 Å². The second-order valence-corrected chi connectivity index (χ2v) is 7.94. The maximum absolute atomic E-state index is 4.71. The van der Waals surface area contributed by atoms with Gasteiger partial charge in [-0.2, -0.15) is 0 Å². The van der Waals surface area contributed by atoms with Gasteiger partial charge in [0.2, 0.25) is 0 Å². The van der Waals surface area contributed by atoms with Crippen molar-refractivity contribution in [3.05, 3.63) is 0 Å². The van der Waals surface area contributed by atoms with Gasteiger partial charge in [-0.25, -0.2) is 0 Å². The van der Waals surface area contributed by atoms with Gasteiger partial charge in [0.05, 0.1) is 12.7 Å². The van der Waals surface area contributed by atoms with Gasteiger partial charge in [0.1, 0.15) is 0 Å². The molecule has 0 aliphatic carbocycles. The first kappa shape index (κ1) is 23.8. The molecule has 4 saturated heterocycles. The average molecular weight is 345 g/mol. The van der Waals surface area contributed by atoms with E-state index in [2.05, 4.69) is 49.7 Å². The number of nitrogens with zero attached hydrogens (tertiary/aromatic N) is 4. The van der Waals surface area contributed by atoms with Gasteiger partial charge < -0.3 is 24.3 Å². The first-order valence-corrected chi connectivity index (χ1v) is 9.52. The van der Waals surface area contributed by atoms with Gasteiger partial charge in [-0.1, -0.05) is 6.42 Å². The van der Waals surface area contributed by atoms with Crippen LogP contribution in [0.1, 0.15) is 33.1 Å². The molecule has 0 spiro atoms. The summed E-state index contributed by atoms with van der Waals surface area (Å²) < 4.78 is 4.71. The van der Waals surface area contributed by atoms with Gasteiger partial charge in [0.25, 0.3) is 0 Å². The molecule has 5 nitrogen and oxygen atoms in total. The van der Waals surface area contributed by atoms with E-state index in [0.717, 1.165) is 12.6 Å². The van der Waals surface area contributed by atoms with Crippen LogP contribution in [0.2, 0.25) is 0 Å². The highest BCUT2D eigenvalue weighted by Gasteiger charge is 2.22. The third kappa shape index (κ3) is 24.1. The molecule has 4 rings (SSSR count). The standard InChI is InChI=1S/C6H13N.C4H9N.C3H7N.C3H9N.C3H6O/c1-7-5-3-2-4-6-7;1-4-3-5(4)2;1-4-2-3-4;1-4(2)3;1-3-2-4-3/h2-6H2,1H3;4H,3H2,1-2H3;2-3H2,1H3;1-3H3;3H,2H2,1H3. The third-order valence-corrected chi connectivity index (χ3v) is 3.92. The molecule has 0 N–H and O–H groups in total. The summed E-state index contributed by atoms with van der Waals surface area (Å²) in [5.41, 5.74) is 0. The second-order valence-electron chi connectivity index (χ2n) is 7.94. The van der Waals surface area contributed by atoms with Crippen LogP contribution in [0.3, 0.4) is 0 Å². The zero-order chi connectivity index (χ0) is 18.5. The molecule has 5 heteroatoms. The Labute approximate surface area is 151 Å². The summed E-state index contributed by atoms with van der Waals surface area (Å²) in [7, 11) is 12.4. The number of likely N-dealkylation sites (tertiary alicyclic amines) is 1. The predicted molar refractivity (Wildman–Crippen MR) is 106 cm³/mol. The lowest BCUT2D eigenvalue weighted by Crippen LogP contribution is -2.24. The van der Waals surface area contributed by atoms with Crippen LogP contribution in [-0.2, 0) is 4.74 Å². The van der Waals surface area contributed by atoms with E-state index in [-0.39, 0.29) is 0 Å². The summed E-state index contributed by atoms with van der Waals surface area (Å²) >= 11 is 0. The Morgan fingerprint density at radius 2 is 1.04 bits per heavy atom. The Bertz CT molecular complexity index is 256. The summed E-state index contributed by atoms with van der Waals surface area (Å²) in [6.45, 7) is 11.8. The van der Waals surface area contributed by atoms with Crippen molar-refractivity contribution in [1.82, 2.24) is 19.6 Å². The fraction of sp³-hybridized carbons (Fsp3) is 1.00. The molecule has 0 aromatic carbocycles. The van der Waals surface area contributed by atoms with E-state index in [0.29, 0.717) is 6.10 Å². The van der Waals surface area contributed by atoms with Crippen LogP contribution in [0.5, 0.6) is 0 Å². The Balaban J connectivity index is 0.000000282. The molecule has 3 unspecified atom stereocenters. The lowest BCUT2D eigenvalue weighted by molar-refractivity contribution is 0.277. The molecule has 0 aromatic heterocycles. The summed E-state index contributed by atoms with van der Waals surface area (Å²) in [6.07, 6.45) is 4.86. The number of likely N-dealkylation sites (N-methyl/N-ethyl adjacent to an activating group) is 2. The number of piperidine rings is 1. The van der Waals surface area contributed by atoms with Crippen molar-refractivity contribution in [2.75, 3.05) is 81.6 Å². The molecular formula is C19H44N4O. The molecule has 146 valence electrons. The van der Waals surface area contributed by atoms with Crippen molar-refractivity contribution in [2.45, 2.75) is 45.3 Å². The molecule has 0 radical (unpaired) electrons. The first-order valence-electron chi connectivity index (χ1n) is 9.52. The predicted octanol–water partition coefficient (Wildman–Crippen LogP) is 1.94. The highest BCUT2D eigenvalue weighted by Crippen LogP contribution is 2.09. The van der Waals surface area contributed by atoms with Crippen molar-refractivity contribution in [3.8, 4) is 0 Å². The molecule has 0 bridgehead atoms. The van der Waals surface area contributed by atoms with E-state index >= 15 is 0 Å². The Morgan fingerprint density at radius 1 is 0.792 bits per heavy atom. The second kappa shape index (κ2) is 14.0. The van der Waals surface area contributed by atoms with E-state index < -0.39 is 0 Å². The van der Waals surface area contributed by atoms with Gasteiger partial charge in [0, 0.05) is 25.7 Å². The lowest BCUT2D eigenvalue weighted by Gasteiger charge is -2.20. The van der Waals surface area contributed by atoms with Gasteiger partial charge in [-0.3, -0.25) is 0 Å². The Morgan fingerprint density at radius 3 is 1.12 bits per heavy atom. The number of hydrogen-bond acceptors (Lipinski definition) is 5. The summed E-state index contributed by atoms with van der Waals surface area (Å²) in [4.78, 5) is 8.93. The van der Waals surface area contributed by atoms with E-state index in [4.69, 9.17) is 4.74 Å². The van der Waals surface area contributed by atoms with Gasteiger partial charge in [0.15, 0.2) is 0 Å². The quantitative estimate of drug-likeness (QED) is 0.626. The van der Waals surface area contributed by atoms with E-state index in [1.165, 1.54) is 52.0 Å². The number of rotatable bonds is 0. The van der Waals surface area contributed by atoms with Gasteiger partial charge >= 0.3 is 0 Å². The van der Waals surface area contributed by atoms with Crippen LogP contribution in [0, 0.1) is 0 Å². The summed E-state index contributed by atoms with van der Waals surface area (Å²) in [5.74, 6) is 0. The van der Waals surface area contributed by atoms with Crippen LogP contribution in [-0.4, -0.2) is 113 Å². The highest BCUT2D eigenvalue weighted by molar-refractivity contribution is 4.79. The Hall–Kier alpha value is -0.200. The normalized spacial score (nSPS) is 30.1. The fourth-order valence-corrected chi connectivity index (χ4v) is 1.62. The van der Waals surface area contributed by atoms with Crippen LogP contribution >= 0.6 is 0 Å². The van der Waals surface area contributed by atoms with Crippen LogP contribution < -0.4 is 0 Å². The summed E-state index contributed by atoms with van der Waals surface area (Å²) in [5, 5.41) is 0. The molecular weight excluding hydrogens is 300 g/mol. The maximum atomic E-state index is 4.71. The molecule has 3 atom stereocenters. The minimum Gasteiger partial charge on any atom is -0.373 e. The molecule has 0 aromatic rings. The van der Waals surface area contributed by atoms with Crippen molar-refractivity contribution >= 4 is 0 Å². The largest absolute Gasteiger partial charge is 0.373 e. The molecule has 4 heterocycles. The zero-order valence-electron chi connectivity index (χ0n) is 17.7. The van der Waals surface area contributed by atoms with E-state index in [1.807, 2.05) is 26.0 Å². The molecule has 4 fully saturated rings. The van der Waals surface area contributed by atoms with E-state index in [9.17, 15) is 0 Å². The average Bonchev–Trinajstić information content (AvgIpc) is 3.40. The van der Waals surface area contributed by atoms with Crippen LogP contribution in [0.25, 0.3) is 0 Å².